The first kappa shape index (κ1) is 16.5. The van der Waals surface area contributed by atoms with E-state index in [2.05, 4.69) is 33.0 Å². The van der Waals surface area contributed by atoms with E-state index in [9.17, 15) is 4.79 Å². The van der Waals surface area contributed by atoms with Crippen LogP contribution in [0.3, 0.4) is 0 Å². The molecule has 1 saturated carbocycles. The van der Waals surface area contributed by atoms with Crippen LogP contribution in [0.2, 0.25) is 0 Å². The van der Waals surface area contributed by atoms with Crippen molar-refractivity contribution in [3.8, 4) is 0 Å². The number of carbonyl (C=O) groups is 1. The van der Waals surface area contributed by atoms with Crippen molar-refractivity contribution in [1.82, 2.24) is 5.32 Å². The van der Waals surface area contributed by atoms with Gasteiger partial charge in [0.15, 0.2) is 0 Å². The summed E-state index contributed by atoms with van der Waals surface area (Å²) in [5, 5.41) is 3.71. The molecule has 1 fully saturated rings. The van der Waals surface area contributed by atoms with E-state index < -0.39 is 0 Å². The van der Waals surface area contributed by atoms with Crippen molar-refractivity contribution in [3.63, 3.8) is 0 Å². The summed E-state index contributed by atoms with van der Waals surface area (Å²) < 4.78 is 4.94. The lowest BCUT2D eigenvalue weighted by Gasteiger charge is -2.50. The molecular weight excluding hydrogens is 238 g/mol. The molecule has 0 saturated heterocycles. The number of methoxy groups -OCH3 is 1. The molecule has 19 heavy (non-hydrogen) atoms. The number of esters is 1. The number of carbonyl (C=O) groups excluding carboxylic acids is 1. The van der Waals surface area contributed by atoms with E-state index in [-0.39, 0.29) is 16.9 Å². The van der Waals surface area contributed by atoms with Crippen LogP contribution in [0.4, 0.5) is 0 Å². The summed E-state index contributed by atoms with van der Waals surface area (Å²) in [4.78, 5) is 11.9. The normalized spacial score (nSPS) is 28.2. The van der Waals surface area contributed by atoms with Gasteiger partial charge in [0.1, 0.15) is 0 Å². The van der Waals surface area contributed by atoms with Gasteiger partial charge < -0.3 is 10.1 Å². The highest BCUT2D eigenvalue weighted by atomic mass is 16.5. The molecule has 112 valence electrons. The smallest absolute Gasteiger partial charge is 0.307 e. The van der Waals surface area contributed by atoms with Gasteiger partial charge in [-0.25, -0.2) is 0 Å². The zero-order valence-corrected chi connectivity index (χ0v) is 13.3. The monoisotopic (exact) mass is 269 g/mol. The molecule has 0 radical (unpaired) electrons. The highest BCUT2D eigenvalue weighted by Crippen LogP contribution is 2.46. The first-order chi connectivity index (χ1) is 8.85. The van der Waals surface area contributed by atoms with Crippen molar-refractivity contribution < 1.29 is 9.53 Å². The molecule has 0 bridgehead atoms. The van der Waals surface area contributed by atoms with Gasteiger partial charge in [0, 0.05) is 5.54 Å². The molecule has 0 spiro atoms. The Morgan fingerprint density at radius 2 is 2.05 bits per heavy atom. The molecule has 0 amide bonds. The van der Waals surface area contributed by atoms with Crippen molar-refractivity contribution in [2.45, 2.75) is 71.8 Å². The number of hydrogen-bond acceptors (Lipinski definition) is 3. The third-order valence-corrected chi connectivity index (χ3v) is 4.49. The molecule has 0 aromatic carbocycles. The summed E-state index contributed by atoms with van der Waals surface area (Å²) in [6, 6.07) is 0. The van der Waals surface area contributed by atoms with Gasteiger partial charge in [-0.3, -0.25) is 4.79 Å². The fourth-order valence-corrected chi connectivity index (χ4v) is 3.69. The molecule has 3 heteroatoms. The maximum atomic E-state index is 11.9. The van der Waals surface area contributed by atoms with E-state index >= 15 is 0 Å². The van der Waals surface area contributed by atoms with E-state index in [0.29, 0.717) is 12.3 Å². The number of rotatable bonds is 5. The second-order valence-electron chi connectivity index (χ2n) is 7.00. The fourth-order valence-electron chi connectivity index (χ4n) is 3.69. The van der Waals surface area contributed by atoms with Gasteiger partial charge >= 0.3 is 5.97 Å². The summed E-state index contributed by atoms with van der Waals surface area (Å²) in [6.45, 7) is 10.0. The van der Waals surface area contributed by atoms with E-state index in [4.69, 9.17) is 4.74 Å². The summed E-state index contributed by atoms with van der Waals surface area (Å²) in [5.41, 5.74) is 0.148. The van der Waals surface area contributed by atoms with E-state index in [1.807, 2.05) is 0 Å². The molecule has 1 aliphatic rings. The second-order valence-corrected chi connectivity index (χ2v) is 7.00. The van der Waals surface area contributed by atoms with Gasteiger partial charge in [-0.15, -0.1) is 0 Å². The third-order valence-electron chi connectivity index (χ3n) is 4.49. The first-order valence-electron chi connectivity index (χ1n) is 7.67. The van der Waals surface area contributed by atoms with Gasteiger partial charge in [-0.2, -0.15) is 0 Å². The Morgan fingerprint density at radius 1 is 1.37 bits per heavy atom. The Kier molecular flexibility index (Phi) is 5.84. The number of nitrogens with one attached hydrogen (secondary N) is 1. The quantitative estimate of drug-likeness (QED) is 0.776. The van der Waals surface area contributed by atoms with Crippen molar-refractivity contribution >= 4 is 5.97 Å². The lowest BCUT2D eigenvalue weighted by atomic mass is 9.61. The zero-order chi connectivity index (χ0) is 14.5. The van der Waals surface area contributed by atoms with Crippen molar-refractivity contribution in [3.05, 3.63) is 0 Å². The van der Waals surface area contributed by atoms with Crippen LogP contribution in [0.5, 0.6) is 0 Å². The van der Waals surface area contributed by atoms with Gasteiger partial charge in [0.25, 0.3) is 0 Å². The molecule has 1 N–H and O–H groups in total. The van der Waals surface area contributed by atoms with Gasteiger partial charge in [-0.1, -0.05) is 40.5 Å². The molecule has 0 heterocycles. The minimum Gasteiger partial charge on any atom is -0.469 e. The van der Waals surface area contributed by atoms with Crippen LogP contribution in [0.15, 0.2) is 0 Å². The maximum absolute atomic E-state index is 11.9. The summed E-state index contributed by atoms with van der Waals surface area (Å²) in [7, 11) is 1.49. The largest absolute Gasteiger partial charge is 0.469 e. The number of hydrogen-bond donors (Lipinski definition) is 1. The van der Waals surface area contributed by atoms with Crippen LogP contribution in [-0.4, -0.2) is 25.2 Å². The third kappa shape index (κ3) is 4.20. The van der Waals surface area contributed by atoms with Crippen LogP contribution in [0, 0.1) is 11.3 Å². The number of ether oxygens (including phenoxy) is 1. The van der Waals surface area contributed by atoms with Gasteiger partial charge in [0.05, 0.1) is 13.5 Å². The van der Waals surface area contributed by atoms with Crippen LogP contribution in [-0.2, 0) is 9.53 Å². The second kappa shape index (κ2) is 6.74. The highest BCUT2D eigenvalue weighted by Gasteiger charge is 2.46. The summed E-state index contributed by atoms with van der Waals surface area (Å²) in [6.07, 6.45) is 6.38. The molecule has 1 rings (SSSR count). The molecule has 0 aromatic heterocycles. The average Bonchev–Trinajstić information content (AvgIpc) is 2.35. The van der Waals surface area contributed by atoms with Crippen molar-refractivity contribution in [2.24, 2.45) is 11.3 Å². The van der Waals surface area contributed by atoms with Gasteiger partial charge in [-0.05, 0) is 37.1 Å². The summed E-state index contributed by atoms with van der Waals surface area (Å²) >= 11 is 0. The molecular formula is C16H31NO2. The lowest BCUT2D eigenvalue weighted by molar-refractivity contribution is -0.144. The first-order valence-corrected chi connectivity index (χ1v) is 7.67. The zero-order valence-electron chi connectivity index (χ0n) is 13.3. The van der Waals surface area contributed by atoms with E-state index in [1.165, 1.54) is 26.4 Å². The highest BCUT2D eigenvalue weighted by molar-refractivity contribution is 5.71. The predicted octanol–water partition coefficient (Wildman–Crippen LogP) is 3.52. The van der Waals surface area contributed by atoms with Gasteiger partial charge in [0.2, 0.25) is 0 Å². The average molecular weight is 269 g/mol. The van der Waals surface area contributed by atoms with Crippen molar-refractivity contribution in [2.75, 3.05) is 13.7 Å². The minimum atomic E-state index is -0.0836. The molecule has 2 atom stereocenters. The standard InChI is InChI=1S/C16H31NO2/c1-6-11-17-16(12-14(18)19-5)10-8-7-9-13(16)15(2,3)4/h13,17H,6-12H2,1-5H3. The molecule has 0 aliphatic heterocycles. The lowest BCUT2D eigenvalue weighted by Crippen LogP contribution is -2.58. The minimum absolute atomic E-state index is 0.0698. The van der Waals surface area contributed by atoms with Crippen molar-refractivity contribution in [1.29, 1.82) is 0 Å². The Labute approximate surface area is 118 Å². The Bertz CT molecular complexity index is 296. The molecule has 2 unspecified atom stereocenters. The SMILES string of the molecule is CCCNC1(CC(=O)OC)CCCCC1C(C)(C)C. The molecule has 0 aromatic rings. The Hall–Kier alpha value is -0.570. The Morgan fingerprint density at radius 3 is 2.58 bits per heavy atom. The molecule has 1 aliphatic carbocycles. The van der Waals surface area contributed by atoms with Crippen LogP contribution in [0.25, 0.3) is 0 Å². The topological polar surface area (TPSA) is 38.3 Å². The van der Waals surface area contributed by atoms with E-state index in [0.717, 1.165) is 19.4 Å². The fraction of sp³-hybridized carbons (Fsp3) is 0.938. The maximum Gasteiger partial charge on any atom is 0.307 e. The van der Waals surface area contributed by atoms with E-state index in [1.54, 1.807) is 0 Å². The van der Waals surface area contributed by atoms with Crippen LogP contribution in [0.1, 0.15) is 66.2 Å². The van der Waals surface area contributed by atoms with Crippen LogP contribution < -0.4 is 5.32 Å². The predicted molar refractivity (Wildman–Crippen MR) is 79.1 cm³/mol. The molecule has 3 nitrogen and oxygen atoms in total. The van der Waals surface area contributed by atoms with Crippen LogP contribution >= 0.6 is 0 Å². The Balaban J connectivity index is 2.98. The summed E-state index contributed by atoms with van der Waals surface area (Å²) in [5.74, 6) is 0.444.